The highest BCUT2D eigenvalue weighted by molar-refractivity contribution is 7.93. The minimum atomic E-state index is -2.15. The quantitative estimate of drug-likeness (QED) is 0.343. The van der Waals surface area contributed by atoms with E-state index in [-0.39, 0.29) is 6.10 Å². The minimum Gasteiger partial charge on any atom is -0.486 e. The van der Waals surface area contributed by atoms with Crippen molar-refractivity contribution in [2.45, 2.75) is 25.9 Å². The van der Waals surface area contributed by atoms with E-state index in [1.807, 2.05) is 31.2 Å². The lowest BCUT2D eigenvalue weighted by Crippen LogP contribution is -2.05. The number of aromatic nitrogens is 4. The number of aromatic amines is 1. The molecule has 0 bridgehead atoms. The average Bonchev–Trinajstić information content (AvgIpc) is 3.40. The van der Waals surface area contributed by atoms with Gasteiger partial charge in [-0.05, 0) is 50.1 Å². The number of rotatable bonds is 5. The first-order valence-electron chi connectivity index (χ1n) is 10.5. The first-order valence-corrected chi connectivity index (χ1v) is 13.2. The largest absolute Gasteiger partial charge is 0.486 e. The van der Waals surface area contributed by atoms with Gasteiger partial charge in [0, 0.05) is 46.6 Å². The fraction of sp³-hybridized carbons (Fsp3) is 0.261. The third-order valence-electron chi connectivity index (χ3n) is 5.60. The Hall–Kier alpha value is -2.68. The molecule has 3 aromatic heterocycles. The van der Waals surface area contributed by atoms with Crippen LogP contribution in [0, 0.1) is 0 Å². The summed E-state index contributed by atoms with van der Waals surface area (Å²) in [6.07, 6.45) is 6.35. The molecule has 7 nitrogen and oxygen atoms in total. The zero-order valence-electron chi connectivity index (χ0n) is 17.8. The van der Waals surface area contributed by atoms with Crippen molar-refractivity contribution in [1.29, 1.82) is 0 Å². The fourth-order valence-corrected chi connectivity index (χ4v) is 6.78. The van der Waals surface area contributed by atoms with Gasteiger partial charge >= 0.3 is 0 Å². The van der Waals surface area contributed by atoms with Gasteiger partial charge in [0.05, 0.1) is 25.3 Å². The highest BCUT2D eigenvalue weighted by atomic mass is 35.5. The third-order valence-corrected chi connectivity index (χ3v) is 8.58. The van der Waals surface area contributed by atoms with Crippen molar-refractivity contribution in [2.24, 2.45) is 4.36 Å². The van der Waals surface area contributed by atoms with E-state index in [9.17, 15) is 4.21 Å². The second-order valence-electron chi connectivity index (χ2n) is 7.94. The molecule has 1 saturated heterocycles. The van der Waals surface area contributed by atoms with Crippen LogP contribution in [-0.4, -0.2) is 35.9 Å². The number of hydrogen-bond acceptors (Lipinski definition) is 6. The van der Waals surface area contributed by atoms with E-state index in [1.54, 1.807) is 24.7 Å². The van der Waals surface area contributed by atoms with Gasteiger partial charge in [-0.2, -0.15) is 9.46 Å². The SMILES string of the molecule is CC(Oc1ccc2[nH]nc(-c3ccc(N=S4(=O)CCCC4)nc3)c2c1)c1c(Cl)cncc1Cl. The molecule has 0 amide bonds. The topological polar surface area (TPSA) is 93.1 Å². The van der Waals surface area contributed by atoms with Gasteiger partial charge in [0.2, 0.25) is 0 Å². The highest BCUT2D eigenvalue weighted by Gasteiger charge is 2.18. The maximum absolute atomic E-state index is 12.7. The fourth-order valence-electron chi connectivity index (χ4n) is 3.96. The Balaban J connectivity index is 1.43. The summed E-state index contributed by atoms with van der Waals surface area (Å²) in [6, 6.07) is 9.37. The molecule has 0 radical (unpaired) electrons. The Morgan fingerprint density at radius 1 is 1.09 bits per heavy atom. The summed E-state index contributed by atoms with van der Waals surface area (Å²) in [5.41, 5.74) is 3.12. The zero-order valence-corrected chi connectivity index (χ0v) is 20.1. The second-order valence-corrected chi connectivity index (χ2v) is 11.3. The predicted octanol–water partition coefficient (Wildman–Crippen LogP) is 6.36. The number of nitrogens with zero attached hydrogens (tertiary/aromatic N) is 4. The van der Waals surface area contributed by atoms with E-state index in [4.69, 9.17) is 27.9 Å². The van der Waals surface area contributed by atoms with Crippen molar-refractivity contribution in [3.63, 3.8) is 0 Å². The summed E-state index contributed by atoms with van der Waals surface area (Å²) in [6.45, 7) is 1.88. The molecule has 1 fully saturated rings. The molecule has 4 aromatic rings. The number of hydrogen-bond donors (Lipinski definition) is 1. The Morgan fingerprint density at radius 2 is 1.85 bits per heavy atom. The molecule has 1 unspecified atom stereocenters. The number of nitrogens with one attached hydrogen (secondary N) is 1. The first-order chi connectivity index (χ1) is 15.9. The van der Waals surface area contributed by atoms with Crippen LogP contribution in [0.2, 0.25) is 10.0 Å². The van der Waals surface area contributed by atoms with Gasteiger partial charge in [-0.25, -0.2) is 9.19 Å². The number of halogens is 2. The summed E-state index contributed by atoms with van der Waals surface area (Å²) in [7, 11) is -2.15. The first kappa shape index (κ1) is 22.1. The number of benzene rings is 1. The van der Waals surface area contributed by atoms with Gasteiger partial charge in [-0.3, -0.25) is 10.1 Å². The van der Waals surface area contributed by atoms with Crippen molar-refractivity contribution in [2.75, 3.05) is 11.5 Å². The lowest BCUT2D eigenvalue weighted by molar-refractivity contribution is 0.227. The van der Waals surface area contributed by atoms with Crippen LogP contribution in [-0.2, 0) is 9.73 Å². The van der Waals surface area contributed by atoms with Gasteiger partial charge in [-0.15, -0.1) is 0 Å². The summed E-state index contributed by atoms with van der Waals surface area (Å²) in [4.78, 5) is 8.40. The molecule has 170 valence electrons. The second kappa shape index (κ2) is 8.93. The molecule has 1 aliphatic rings. The van der Waals surface area contributed by atoms with Crippen molar-refractivity contribution >= 4 is 49.7 Å². The van der Waals surface area contributed by atoms with E-state index in [0.29, 0.717) is 38.7 Å². The molecule has 5 rings (SSSR count). The molecule has 0 aliphatic carbocycles. The Bertz CT molecular complexity index is 1410. The van der Waals surface area contributed by atoms with Crippen molar-refractivity contribution in [1.82, 2.24) is 20.2 Å². The van der Waals surface area contributed by atoms with Gasteiger partial charge in [0.1, 0.15) is 17.5 Å². The van der Waals surface area contributed by atoms with E-state index >= 15 is 0 Å². The minimum absolute atomic E-state index is 0.374. The molecule has 10 heteroatoms. The molecule has 0 spiro atoms. The van der Waals surface area contributed by atoms with Gasteiger partial charge < -0.3 is 4.74 Å². The molecule has 4 heterocycles. The Kier molecular flexibility index (Phi) is 5.99. The van der Waals surface area contributed by atoms with Gasteiger partial charge in [0.25, 0.3) is 0 Å². The van der Waals surface area contributed by atoms with Crippen LogP contribution in [0.25, 0.3) is 22.2 Å². The third kappa shape index (κ3) is 4.55. The number of fused-ring (bicyclic) bond motifs is 1. The number of H-pyrrole nitrogens is 1. The standard InChI is InChI=1S/C23H21Cl2N5O2S/c1-14(22-18(24)12-26-13-19(22)25)32-16-5-6-20-17(10-16)23(29-28-20)15-4-7-21(27-11-15)30-33(31)8-2-3-9-33/h4-7,10-14H,2-3,8-9H2,1H3,(H,28,29). The number of ether oxygens (including phenoxy) is 1. The van der Waals surface area contributed by atoms with Gasteiger partial charge in [-0.1, -0.05) is 23.2 Å². The maximum Gasteiger partial charge on any atom is 0.161 e. The van der Waals surface area contributed by atoms with Crippen LogP contribution >= 0.6 is 23.2 Å². The molecular weight excluding hydrogens is 481 g/mol. The van der Waals surface area contributed by atoms with E-state index in [0.717, 1.165) is 35.0 Å². The van der Waals surface area contributed by atoms with Crippen LogP contribution in [0.3, 0.4) is 0 Å². The monoisotopic (exact) mass is 501 g/mol. The predicted molar refractivity (Wildman–Crippen MR) is 132 cm³/mol. The molecule has 33 heavy (non-hydrogen) atoms. The molecular formula is C23H21Cl2N5O2S. The molecule has 1 aliphatic heterocycles. The van der Waals surface area contributed by atoms with E-state index < -0.39 is 9.73 Å². The number of pyridine rings is 2. The van der Waals surface area contributed by atoms with E-state index in [2.05, 4.69) is 24.5 Å². The molecule has 1 aromatic carbocycles. The summed E-state index contributed by atoms with van der Waals surface area (Å²) >= 11 is 12.5. The summed E-state index contributed by atoms with van der Waals surface area (Å²) < 4.78 is 23.2. The zero-order chi connectivity index (χ0) is 23.0. The summed E-state index contributed by atoms with van der Waals surface area (Å²) in [5, 5.41) is 9.30. The molecule has 1 atom stereocenters. The normalized spacial score (nSPS) is 16.1. The molecule has 1 N–H and O–H groups in total. The van der Waals surface area contributed by atoms with Crippen LogP contribution in [0.1, 0.15) is 31.4 Å². The smallest absolute Gasteiger partial charge is 0.161 e. The highest BCUT2D eigenvalue weighted by Crippen LogP contribution is 2.35. The van der Waals surface area contributed by atoms with Crippen molar-refractivity contribution in [3.8, 4) is 17.0 Å². The summed E-state index contributed by atoms with van der Waals surface area (Å²) in [5.74, 6) is 2.45. The van der Waals surface area contributed by atoms with Crippen LogP contribution in [0.4, 0.5) is 5.82 Å². The van der Waals surface area contributed by atoms with E-state index in [1.165, 1.54) is 0 Å². The van der Waals surface area contributed by atoms with Crippen molar-refractivity contribution in [3.05, 3.63) is 64.5 Å². The van der Waals surface area contributed by atoms with Crippen LogP contribution in [0.5, 0.6) is 5.75 Å². The Morgan fingerprint density at radius 3 is 2.55 bits per heavy atom. The lowest BCUT2D eigenvalue weighted by atomic mass is 10.1. The Labute approximate surface area is 201 Å². The maximum atomic E-state index is 12.7. The van der Waals surface area contributed by atoms with Gasteiger partial charge in [0.15, 0.2) is 5.82 Å². The lowest BCUT2D eigenvalue weighted by Gasteiger charge is -2.17. The average molecular weight is 502 g/mol. The molecule has 0 saturated carbocycles. The van der Waals surface area contributed by atoms with Crippen molar-refractivity contribution < 1.29 is 8.95 Å². The van der Waals surface area contributed by atoms with Crippen LogP contribution in [0.15, 0.2) is 53.3 Å². The van der Waals surface area contributed by atoms with Crippen LogP contribution < -0.4 is 4.74 Å².